The van der Waals surface area contributed by atoms with E-state index in [1.165, 1.54) is 22.4 Å². The summed E-state index contributed by atoms with van der Waals surface area (Å²) in [6.45, 7) is 2.06. The number of hydrogen-bond acceptors (Lipinski definition) is 4. The summed E-state index contributed by atoms with van der Waals surface area (Å²) in [6, 6.07) is 16.3. The van der Waals surface area contributed by atoms with E-state index in [4.69, 9.17) is 0 Å². The van der Waals surface area contributed by atoms with Gasteiger partial charge in [0.1, 0.15) is 5.76 Å². The van der Waals surface area contributed by atoms with Crippen LogP contribution in [0.25, 0.3) is 5.76 Å². The SMILES string of the molecule is CCc1ccc(N2C(=O)C(=O)/C(=C(\O)c3ccc4c(c3)CCCC4)C2c2cccnc2)cc1. The Balaban J connectivity index is 1.66. The van der Waals surface area contributed by atoms with Crippen LogP contribution in [-0.4, -0.2) is 21.8 Å². The molecule has 0 radical (unpaired) electrons. The van der Waals surface area contributed by atoms with Gasteiger partial charge in [0.05, 0.1) is 11.6 Å². The minimum Gasteiger partial charge on any atom is -0.507 e. The number of nitrogens with zero attached hydrogens (tertiary/aromatic N) is 2. The van der Waals surface area contributed by atoms with Crippen LogP contribution >= 0.6 is 0 Å². The molecule has 0 spiro atoms. The highest BCUT2D eigenvalue weighted by Gasteiger charge is 2.47. The van der Waals surface area contributed by atoms with Crippen LogP contribution in [0.4, 0.5) is 5.69 Å². The molecule has 166 valence electrons. The summed E-state index contributed by atoms with van der Waals surface area (Å²) in [7, 11) is 0. The summed E-state index contributed by atoms with van der Waals surface area (Å²) in [4.78, 5) is 32.2. The van der Waals surface area contributed by atoms with Crippen LogP contribution in [0, 0.1) is 0 Å². The van der Waals surface area contributed by atoms with Crippen LogP contribution in [0.3, 0.4) is 0 Å². The van der Waals surface area contributed by atoms with Gasteiger partial charge in [0, 0.05) is 23.6 Å². The number of aryl methyl sites for hydroxylation is 3. The maximum atomic E-state index is 13.3. The van der Waals surface area contributed by atoms with Crippen molar-refractivity contribution in [2.24, 2.45) is 0 Å². The first-order valence-corrected chi connectivity index (χ1v) is 11.5. The molecule has 2 aliphatic rings. The van der Waals surface area contributed by atoms with E-state index >= 15 is 0 Å². The van der Waals surface area contributed by atoms with Crippen molar-refractivity contribution in [3.05, 3.63) is 100 Å². The Hall–Kier alpha value is -3.73. The highest BCUT2D eigenvalue weighted by Crippen LogP contribution is 2.42. The van der Waals surface area contributed by atoms with Crippen molar-refractivity contribution < 1.29 is 14.7 Å². The van der Waals surface area contributed by atoms with Crippen molar-refractivity contribution in [1.29, 1.82) is 0 Å². The summed E-state index contributed by atoms with van der Waals surface area (Å²) in [5.74, 6) is -1.46. The van der Waals surface area contributed by atoms with Crippen molar-refractivity contribution in [2.75, 3.05) is 4.90 Å². The molecule has 1 amide bonds. The summed E-state index contributed by atoms with van der Waals surface area (Å²) in [5.41, 5.74) is 5.60. The van der Waals surface area contributed by atoms with E-state index in [-0.39, 0.29) is 11.3 Å². The number of amides is 1. The zero-order chi connectivity index (χ0) is 22.9. The van der Waals surface area contributed by atoms with Crippen LogP contribution in [0.1, 0.15) is 53.6 Å². The summed E-state index contributed by atoms with van der Waals surface area (Å²) < 4.78 is 0. The first-order valence-electron chi connectivity index (χ1n) is 11.5. The molecule has 0 bridgehead atoms. The summed E-state index contributed by atoms with van der Waals surface area (Å²) in [5, 5.41) is 11.3. The van der Waals surface area contributed by atoms with E-state index in [1.54, 1.807) is 18.5 Å². The topological polar surface area (TPSA) is 70.5 Å². The molecule has 33 heavy (non-hydrogen) atoms. The molecule has 1 aromatic heterocycles. The summed E-state index contributed by atoms with van der Waals surface area (Å²) in [6.07, 6.45) is 8.44. The smallest absolute Gasteiger partial charge is 0.300 e. The van der Waals surface area contributed by atoms with Crippen molar-refractivity contribution in [2.45, 2.75) is 45.1 Å². The second-order valence-corrected chi connectivity index (χ2v) is 8.67. The van der Waals surface area contributed by atoms with Crippen LogP contribution in [0.5, 0.6) is 0 Å². The number of hydrogen-bond donors (Lipinski definition) is 1. The number of aromatic nitrogens is 1. The fourth-order valence-corrected chi connectivity index (χ4v) is 4.88. The van der Waals surface area contributed by atoms with Crippen LogP contribution in [-0.2, 0) is 28.9 Å². The minimum atomic E-state index is -0.748. The number of carbonyl (C=O) groups excluding carboxylic acids is 2. The highest BCUT2D eigenvalue weighted by atomic mass is 16.3. The molecule has 5 nitrogen and oxygen atoms in total. The van der Waals surface area contributed by atoms with Crippen molar-refractivity contribution >= 4 is 23.1 Å². The monoisotopic (exact) mass is 438 g/mol. The van der Waals surface area contributed by atoms with Gasteiger partial charge in [0.25, 0.3) is 11.7 Å². The van der Waals surface area contributed by atoms with Gasteiger partial charge in [-0.15, -0.1) is 0 Å². The number of ketones is 1. The molecule has 1 aliphatic carbocycles. The average molecular weight is 439 g/mol. The standard InChI is InChI=1S/C28H26N2O3/c1-2-18-9-13-23(14-10-18)30-25(22-8-5-15-29-17-22)24(27(32)28(30)33)26(31)21-12-11-19-6-3-4-7-20(19)16-21/h5,8-17,25,31H,2-4,6-7H2,1H3/b26-24-. The third-order valence-electron chi connectivity index (χ3n) is 6.69. The van der Waals surface area contributed by atoms with Crippen molar-refractivity contribution in [3.8, 4) is 0 Å². The molecule has 1 unspecified atom stereocenters. The molecule has 2 heterocycles. The Morgan fingerprint density at radius 1 is 1.03 bits per heavy atom. The van der Waals surface area contributed by atoms with Gasteiger partial charge >= 0.3 is 0 Å². The number of carbonyl (C=O) groups is 2. The molecule has 1 fully saturated rings. The zero-order valence-electron chi connectivity index (χ0n) is 18.6. The molecule has 2 aromatic carbocycles. The third kappa shape index (κ3) is 3.74. The fraction of sp³-hybridized carbons (Fsp3) is 0.250. The summed E-state index contributed by atoms with van der Waals surface area (Å²) >= 11 is 0. The Morgan fingerprint density at radius 2 is 1.79 bits per heavy atom. The second kappa shape index (κ2) is 8.66. The normalized spacial score (nSPS) is 19.5. The number of pyridine rings is 1. The molecular weight excluding hydrogens is 412 g/mol. The number of aliphatic hydroxyl groups excluding tert-OH is 1. The molecule has 1 aliphatic heterocycles. The van der Waals surface area contributed by atoms with E-state index in [9.17, 15) is 14.7 Å². The molecule has 3 aromatic rings. The quantitative estimate of drug-likeness (QED) is 0.347. The molecule has 1 saturated heterocycles. The predicted molar refractivity (Wildman–Crippen MR) is 128 cm³/mol. The average Bonchev–Trinajstić information content (AvgIpc) is 3.14. The first kappa shape index (κ1) is 21.1. The molecular formula is C28H26N2O3. The van der Waals surface area contributed by atoms with Crippen LogP contribution < -0.4 is 4.90 Å². The van der Waals surface area contributed by atoms with Gasteiger partial charge in [-0.25, -0.2) is 0 Å². The lowest BCUT2D eigenvalue weighted by atomic mass is 9.89. The Labute approximate surface area is 193 Å². The number of Topliss-reactive ketones (excluding diaryl/α,β-unsaturated/α-hetero) is 1. The molecule has 1 atom stereocenters. The number of rotatable bonds is 4. The Morgan fingerprint density at radius 3 is 2.48 bits per heavy atom. The lowest BCUT2D eigenvalue weighted by Crippen LogP contribution is -2.29. The number of anilines is 1. The second-order valence-electron chi connectivity index (χ2n) is 8.67. The van der Waals surface area contributed by atoms with E-state index in [0.29, 0.717) is 16.8 Å². The van der Waals surface area contributed by atoms with E-state index in [1.807, 2.05) is 48.5 Å². The van der Waals surface area contributed by atoms with Gasteiger partial charge in [0.15, 0.2) is 0 Å². The van der Waals surface area contributed by atoms with Gasteiger partial charge in [-0.1, -0.05) is 37.3 Å². The Kier molecular flexibility index (Phi) is 5.55. The van der Waals surface area contributed by atoms with Gasteiger partial charge < -0.3 is 5.11 Å². The number of fused-ring (bicyclic) bond motifs is 1. The van der Waals surface area contributed by atoms with Crippen molar-refractivity contribution in [1.82, 2.24) is 4.98 Å². The zero-order valence-corrected chi connectivity index (χ0v) is 18.6. The predicted octanol–water partition coefficient (Wildman–Crippen LogP) is 5.15. The molecule has 1 N–H and O–H groups in total. The maximum Gasteiger partial charge on any atom is 0.300 e. The largest absolute Gasteiger partial charge is 0.507 e. The van der Waals surface area contributed by atoms with Crippen LogP contribution in [0.15, 0.2) is 72.6 Å². The highest BCUT2D eigenvalue weighted by molar-refractivity contribution is 6.51. The van der Waals surface area contributed by atoms with Gasteiger partial charge in [-0.3, -0.25) is 19.5 Å². The maximum absolute atomic E-state index is 13.3. The number of benzene rings is 2. The number of aliphatic hydroxyl groups is 1. The first-order chi connectivity index (χ1) is 16.1. The molecule has 0 saturated carbocycles. The van der Waals surface area contributed by atoms with Gasteiger partial charge in [-0.2, -0.15) is 0 Å². The van der Waals surface area contributed by atoms with E-state index in [2.05, 4.69) is 11.9 Å². The van der Waals surface area contributed by atoms with Gasteiger partial charge in [0.2, 0.25) is 0 Å². The fourth-order valence-electron chi connectivity index (χ4n) is 4.88. The van der Waals surface area contributed by atoms with Crippen LogP contribution in [0.2, 0.25) is 0 Å². The molecule has 5 rings (SSSR count). The molecule has 5 heteroatoms. The van der Waals surface area contributed by atoms with Crippen molar-refractivity contribution in [3.63, 3.8) is 0 Å². The Bertz CT molecular complexity index is 1250. The lowest BCUT2D eigenvalue weighted by molar-refractivity contribution is -0.132. The van der Waals surface area contributed by atoms with E-state index < -0.39 is 17.7 Å². The van der Waals surface area contributed by atoms with E-state index in [0.717, 1.165) is 31.2 Å². The van der Waals surface area contributed by atoms with Gasteiger partial charge in [-0.05, 0) is 78.6 Å². The third-order valence-corrected chi connectivity index (χ3v) is 6.69. The lowest BCUT2D eigenvalue weighted by Gasteiger charge is -2.25. The minimum absolute atomic E-state index is 0.100.